The van der Waals surface area contributed by atoms with Gasteiger partial charge in [-0.2, -0.15) is 13.2 Å². The number of hydrogen-bond acceptors (Lipinski definition) is 2. The van der Waals surface area contributed by atoms with Crippen molar-refractivity contribution in [3.63, 3.8) is 0 Å². The minimum atomic E-state index is -4.54. The lowest BCUT2D eigenvalue weighted by atomic mass is 10.0. The van der Waals surface area contributed by atoms with Gasteiger partial charge in [0.2, 0.25) is 0 Å². The third-order valence-electron chi connectivity index (χ3n) is 3.49. The molecule has 0 spiro atoms. The van der Waals surface area contributed by atoms with Gasteiger partial charge >= 0.3 is 6.18 Å². The summed E-state index contributed by atoms with van der Waals surface area (Å²) in [5.74, 6) is 0.118. The molecule has 1 N–H and O–H groups in total. The van der Waals surface area contributed by atoms with Crippen LogP contribution < -0.4 is 10.1 Å². The van der Waals surface area contributed by atoms with Crippen molar-refractivity contribution in [2.45, 2.75) is 25.9 Å². The summed E-state index contributed by atoms with van der Waals surface area (Å²) >= 11 is 3.36. The molecule has 134 valence electrons. The van der Waals surface area contributed by atoms with E-state index in [9.17, 15) is 18.0 Å². The topological polar surface area (TPSA) is 38.3 Å². The molecule has 25 heavy (non-hydrogen) atoms. The van der Waals surface area contributed by atoms with Gasteiger partial charge in [-0.15, -0.1) is 0 Å². The van der Waals surface area contributed by atoms with Crippen molar-refractivity contribution in [2.75, 3.05) is 11.9 Å². The van der Waals surface area contributed by atoms with Crippen LogP contribution in [0.4, 0.5) is 18.9 Å². The Kier molecular flexibility index (Phi) is 6.11. The van der Waals surface area contributed by atoms with E-state index in [1.54, 1.807) is 6.07 Å². The Morgan fingerprint density at radius 2 is 1.88 bits per heavy atom. The van der Waals surface area contributed by atoms with Crippen molar-refractivity contribution in [1.29, 1.82) is 0 Å². The average Bonchev–Trinajstić information content (AvgIpc) is 2.53. The van der Waals surface area contributed by atoms with E-state index < -0.39 is 24.3 Å². The Bertz CT molecular complexity index is 760. The molecule has 2 aromatic rings. The molecular formula is C18H17BrF3NO2. The van der Waals surface area contributed by atoms with Crippen LogP contribution in [0.5, 0.6) is 5.75 Å². The Labute approximate surface area is 152 Å². The lowest BCUT2D eigenvalue weighted by Crippen LogP contribution is -2.22. The van der Waals surface area contributed by atoms with Gasteiger partial charge in [0.15, 0.2) is 6.61 Å². The van der Waals surface area contributed by atoms with Crippen molar-refractivity contribution in [2.24, 2.45) is 0 Å². The van der Waals surface area contributed by atoms with Crippen LogP contribution in [-0.2, 0) is 11.0 Å². The average molecular weight is 416 g/mol. The van der Waals surface area contributed by atoms with Crippen molar-refractivity contribution < 1.29 is 22.7 Å². The number of rotatable bonds is 5. The highest BCUT2D eigenvalue weighted by Crippen LogP contribution is 2.34. The standard InChI is InChI=1S/C18H17BrF3NO2/c1-11(2)12-7-8-16(14(19)9-12)25-10-17(24)23-15-6-4-3-5-13(15)18(20,21)22/h3-9,11H,10H2,1-2H3,(H,23,24). The van der Waals surface area contributed by atoms with Crippen molar-refractivity contribution in [1.82, 2.24) is 0 Å². The molecule has 3 nitrogen and oxygen atoms in total. The Morgan fingerprint density at radius 1 is 1.20 bits per heavy atom. The fourth-order valence-corrected chi connectivity index (χ4v) is 2.67. The summed E-state index contributed by atoms with van der Waals surface area (Å²) in [6, 6.07) is 10.3. The molecule has 0 heterocycles. The zero-order chi connectivity index (χ0) is 18.6. The first kappa shape index (κ1) is 19.3. The Morgan fingerprint density at radius 3 is 2.48 bits per heavy atom. The van der Waals surface area contributed by atoms with Crippen molar-refractivity contribution >= 4 is 27.5 Å². The molecular weight excluding hydrogens is 399 g/mol. The zero-order valence-electron chi connectivity index (χ0n) is 13.7. The number of alkyl halides is 3. The summed E-state index contributed by atoms with van der Waals surface area (Å²) in [5.41, 5.74) is -0.0913. The van der Waals surface area contributed by atoms with Crippen LogP contribution in [-0.4, -0.2) is 12.5 Å². The number of anilines is 1. The van der Waals surface area contributed by atoms with Crippen molar-refractivity contribution in [3.8, 4) is 5.75 Å². The van der Waals surface area contributed by atoms with Crippen LogP contribution in [0.15, 0.2) is 46.9 Å². The molecule has 2 rings (SSSR count). The number of halogens is 4. The lowest BCUT2D eigenvalue weighted by Gasteiger charge is -2.14. The van der Waals surface area contributed by atoms with Gasteiger partial charge in [-0.05, 0) is 51.7 Å². The molecule has 0 radical (unpaired) electrons. The highest BCUT2D eigenvalue weighted by atomic mass is 79.9. The van der Waals surface area contributed by atoms with Crippen LogP contribution in [0.3, 0.4) is 0 Å². The molecule has 0 aliphatic heterocycles. The number of ether oxygens (including phenoxy) is 1. The minimum absolute atomic E-state index is 0.294. The van der Waals surface area contributed by atoms with Crippen LogP contribution in [0.2, 0.25) is 0 Å². The zero-order valence-corrected chi connectivity index (χ0v) is 15.2. The maximum absolute atomic E-state index is 12.9. The molecule has 7 heteroatoms. The first-order valence-electron chi connectivity index (χ1n) is 7.57. The van der Waals surface area contributed by atoms with Gasteiger partial charge in [-0.1, -0.05) is 32.0 Å². The molecule has 0 aliphatic rings. The molecule has 0 saturated heterocycles. The highest BCUT2D eigenvalue weighted by molar-refractivity contribution is 9.10. The monoisotopic (exact) mass is 415 g/mol. The van der Waals surface area contributed by atoms with Gasteiger partial charge < -0.3 is 10.1 Å². The second-order valence-corrected chi connectivity index (χ2v) is 6.58. The fourth-order valence-electron chi connectivity index (χ4n) is 2.16. The van der Waals surface area contributed by atoms with Crippen LogP contribution in [0, 0.1) is 0 Å². The van der Waals surface area contributed by atoms with Crippen molar-refractivity contribution in [3.05, 3.63) is 58.1 Å². The Balaban J connectivity index is 2.03. The number of hydrogen-bond donors (Lipinski definition) is 1. The first-order valence-corrected chi connectivity index (χ1v) is 8.36. The minimum Gasteiger partial charge on any atom is -0.483 e. The van der Waals surface area contributed by atoms with Crippen LogP contribution in [0.1, 0.15) is 30.9 Å². The first-order chi connectivity index (χ1) is 11.7. The number of amides is 1. The van der Waals surface area contributed by atoms with Gasteiger partial charge in [0.1, 0.15) is 5.75 Å². The smallest absolute Gasteiger partial charge is 0.418 e. The number of carbonyl (C=O) groups excluding carboxylic acids is 1. The third-order valence-corrected chi connectivity index (χ3v) is 4.11. The summed E-state index contributed by atoms with van der Waals surface area (Å²) in [4.78, 5) is 11.9. The maximum atomic E-state index is 12.9. The quantitative estimate of drug-likeness (QED) is 0.688. The second kappa shape index (κ2) is 7.91. The molecule has 0 bridgehead atoms. The molecule has 0 unspecified atom stereocenters. The lowest BCUT2D eigenvalue weighted by molar-refractivity contribution is -0.137. The van der Waals surface area contributed by atoms with Gasteiger partial charge in [0.05, 0.1) is 15.7 Å². The summed E-state index contributed by atoms with van der Waals surface area (Å²) in [7, 11) is 0. The normalized spacial score (nSPS) is 11.5. The SMILES string of the molecule is CC(C)c1ccc(OCC(=O)Nc2ccccc2C(F)(F)F)c(Br)c1. The third kappa shape index (κ3) is 5.22. The molecule has 0 fully saturated rings. The summed E-state index contributed by atoms with van der Waals surface area (Å²) in [6.45, 7) is 3.70. The van der Waals surface area contributed by atoms with Crippen LogP contribution in [0.25, 0.3) is 0 Å². The molecule has 0 aliphatic carbocycles. The van der Waals surface area contributed by atoms with E-state index >= 15 is 0 Å². The van der Waals surface area contributed by atoms with E-state index in [1.165, 1.54) is 18.2 Å². The predicted octanol–water partition coefficient (Wildman–Crippen LogP) is 5.61. The maximum Gasteiger partial charge on any atom is 0.418 e. The second-order valence-electron chi connectivity index (χ2n) is 5.72. The highest BCUT2D eigenvalue weighted by Gasteiger charge is 2.33. The molecule has 0 aromatic heterocycles. The predicted molar refractivity (Wildman–Crippen MR) is 93.8 cm³/mol. The number of benzene rings is 2. The summed E-state index contributed by atoms with van der Waals surface area (Å²) in [6.07, 6.45) is -4.54. The number of nitrogens with one attached hydrogen (secondary N) is 1. The van der Waals surface area contributed by atoms with E-state index in [2.05, 4.69) is 21.2 Å². The molecule has 0 saturated carbocycles. The molecule has 0 atom stereocenters. The largest absolute Gasteiger partial charge is 0.483 e. The van der Waals surface area contributed by atoms with Gasteiger partial charge in [-0.25, -0.2) is 0 Å². The Hall–Kier alpha value is -2.02. The number of para-hydroxylation sites is 1. The van der Waals surface area contributed by atoms with E-state index in [0.717, 1.165) is 11.6 Å². The van der Waals surface area contributed by atoms with E-state index in [4.69, 9.17) is 4.74 Å². The molecule has 1 amide bonds. The van der Waals surface area contributed by atoms with E-state index in [-0.39, 0.29) is 5.69 Å². The van der Waals surface area contributed by atoms with E-state index in [1.807, 2.05) is 26.0 Å². The van der Waals surface area contributed by atoms with Crippen LogP contribution >= 0.6 is 15.9 Å². The van der Waals surface area contributed by atoms with Gasteiger partial charge in [0, 0.05) is 0 Å². The van der Waals surface area contributed by atoms with Gasteiger partial charge in [-0.3, -0.25) is 4.79 Å². The molecule has 2 aromatic carbocycles. The summed E-state index contributed by atoms with van der Waals surface area (Å²) < 4.78 is 44.8. The number of carbonyl (C=O) groups is 1. The summed E-state index contributed by atoms with van der Waals surface area (Å²) in [5, 5.41) is 2.24. The van der Waals surface area contributed by atoms with Gasteiger partial charge in [0.25, 0.3) is 5.91 Å². The fraction of sp³-hybridized carbons (Fsp3) is 0.278. The van der Waals surface area contributed by atoms with E-state index in [0.29, 0.717) is 16.1 Å².